The Balaban J connectivity index is 1.51. The second kappa shape index (κ2) is 10.9. The molecule has 3 aromatic rings. The maximum absolute atomic E-state index is 13.7. The van der Waals surface area contributed by atoms with Gasteiger partial charge in [0.1, 0.15) is 24.7 Å². The standard InChI is InChI=1S/C23H19F3N2O4/c24-17-10-11-18(22(26)21(17)25)28-20(29)14-27-23(30)16-8-4-5-9-19(16)32-13-12-31-15-6-2-1-3-7-15/h1-11H,12-14H2,(H,27,30)(H,28,29). The first-order valence-electron chi connectivity index (χ1n) is 9.57. The summed E-state index contributed by atoms with van der Waals surface area (Å²) in [6, 6.07) is 17.1. The molecule has 9 heteroatoms. The maximum Gasteiger partial charge on any atom is 0.255 e. The van der Waals surface area contributed by atoms with E-state index in [2.05, 4.69) is 10.6 Å². The molecule has 2 N–H and O–H groups in total. The van der Waals surface area contributed by atoms with Gasteiger partial charge in [0, 0.05) is 0 Å². The zero-order valence-corrected chi connectivity index (χ0v) is 16.7. The molecule has 0 unspecified atom stereocenters. The summed E-state index contributed by atoms with van der Waals surface area (Å²) in [6.07, 6.45) is 0. The van der Waals surface area contributed by atoms with Crippen molar-refractivity contribution in [2.45, 2.75) is 0 Å². The molecule has 166 valence electrons. The highest BCUT2D eigenvalue weighted by atomic mass is 19.2. The Bertz CT molecular complexity index is 1090. The molecule has 0 saturated carbocycles. The first-order chi connectivity index (χ1) is 15.5. The molecule has 32 heavy (non-hydrogen) atoms. The molecule has 0 heterocycles. The van der Waals surface area contributed by atoms with E-state index in [1.165, 1.54) is 6.07 Å². The number of carbonyl (C=O) groups is 2. The van der Waals surface area contributed by atoms with Gasteiger partial charge in [-0.05, 0) is 36.4 Å². The van der Waals surface area contributed by atoms with Crippen molar-refractivity contribution in [2.24, 2.45) is 0 Å². The van der Waals surface area contributed by atoms with Crippen molar-refractivity contribution in [3.63, 3.8) is 0 Å². The number of benzene rings is 3. The van der Waals surface area contributed by atoms with E-state index in [9.17, 15) is 22.8 Å². The fraction of sp³-hybridized carbons (Fsp3) is 0.130. The van der Waals surface area contributed by atoms with Crippen molar-refractivity contribution < 1.29 is 32.2 Å². The second-order valence-corrected chi connectivity index (χ2v) is 6.46. The van der Waals surface area contributed by atoms with E-state index in [1.807, 2.05) is 18.2 Å². The third kappa shape index (κ3) is 6.00. The molecule has 0 aliphatic rings. The second-order valence-electron chi connectivity index (χ2n) is 6.46. The van der Waals surface area contributed by atoms with Gasteiger partial charge in [0.2, 0.25) is 5.91 Å². The van der Waals surface area contributed by atoms with E-state index < -0.39 is 41.5 Å². The molecule has 6 nitrogen and oxygen atoms in total. The van der Waals surface area contributed by atoms with Gasteiger partial charge in [-0.15, -0.1) is 0 Å². The van der Waals surface area contributed by atoms with Crippen LogP contribution in [0.1, 0.15) is 10.4 Å². The van der Waals surface area contributed by atoms with E-state index in [1.54, 1.807) is 30.3 Å². The van der Waals surface area contributed by atoms with Crippen LogP contribution in [0.4, 0.5) is 18.9 Å². The molecule has 0 bridgehead atoms. The Kier molecular flexibility index (Phi) is 7.69. The Morgan fingerprint density at radius 1 is 0.781 bits per heavy atom. The molecule has 0 aliphatic carbocycles. The van der Waals surface area contributed by atoms with Crippen molar-refractivity contribution in [1.29, 1.82) is 0 Å². The van der Waals surface area contributed by atoms with Gasteiger partial charge in [-0.2, -0.15) is 0 Å². The average molecular weight is 444 g/mol. The maximum atomic E-state index is 13.7. The predicted molar refractivity (Wildman–Crippen MR) is 111 cm³/mol. The van der Waals surface area contributed by atoms with E-state index in [0.717, 1.165) is 6.07 Å². The van der Waals surface area contributed by atoms with Crippen molar-refractivity contribution in [3.05, 3.63) is 89.7 Å². The zero-order valence-electron chi connectivity index (χ0n) is 16.7. The topological polar surface area (TPSA) is 76.7 Å². The average Bonchev–Trinajstić information content (AvgIpc) is 2.81. The van der Waals surface area contributed by atoms with Crippen LogP contribution in [0.25, 0.3) is 0 Å². The van der Waals surface area contributed by atoms with Crippen molar-refractivity contribution in [3.8, 4) is 11.5 Å². The molecular weight excluding hydrogens is 425 g/mol. The molecule has 0 spiro atoms. The monoisotopic (exact) mass is 444 g/mol. The summed E-state index contributed by atoms with van der Waals surface area (Å²) < 4.78 is 51.0. The highest BCUT2D eigenvalue weighted by molar-refractivity contribution is 6.00. The lowest BCUT2D eigenvalue weighted by molar-refractivity contribution is -0.115. The third-order valence-electron chi connectivity index (χ3n) is 4.20. The van der Waals surface area contributed by atoms with Crippen LogP contribution in [0.15, 0.2) is 66.7 Å². The molecule has 0 saturated heterocycles. The highest BCUT2D eigenvalue weighted by Gasteiger charge is 2.17. The summed E-state index contributed by atoms with van der Waals surface area (Å²) in [7, 11) is 0. The summed E-state index contributed by atoms with van der Waals surface area (Å²) in [5, 5.41) is 4.44. The number of hydrogen-bond donors (Lipinski definition) is 2. The van der Waals surface area contributed by atoms with Gasteiger partial charge in [-0.3, -0.25) is 9.59 Å². The number of amides is 2. The van der Waals surface area contributed by atoms with Gasteiger partial charge in [0.05, 0.1) is 17.8 Å². The minimum absolute atomic E-state index is 0.176. The van der Waals surface area contributed by atoms with Crippen LogP contribution < -0.4 is 20.1 Å². The minimum atomic E-state index is -1.70. The zero-order chi connectivity index (χ0) is 22.9. The third-order valence-corrected chi connectivity index (χ3v) is 4.20. The summed E-state index contributed by atoms with van der Waals surface area (Å²) in [4.78, 5) is 24.4. The fourth-order valence-electron chi connectivity index (χ4n) is 2.68. The predicted octanol–water partition coefficient (Wildman–Crippen LogP) is 3.93. The molecule has 0 fully saturated rings. The largest absolute Gasteiger partial charge is 0.490 e. The lowest BCUT2D eigenvalue weighted by Gasteiger charge is -2.12. The van der Waals surface area contributed by atoms with Crippen molar-refractivity contribution >= 4 is 17.5 Å². The quantitative estimate of drug-likeness (QED) is 0.387. The van der Waals surface area contributed by atoms with Gasteiger partial charge in [0.15, 0.2) is 17.5 Å². The molecule has 0 atom stereocenters. The lowest BCUT2D eigenvalue weighted by Crippen LogP contribution is -2.33. The van der Waals surface area contributed by atoms with Crippen LogP contribution >= 0.6 is 0 Å². The molecular formula is C23H19F3N2O4. The first-order valence-corrected chi connectivity index (χ1v) is 9.57. The summed E-state index contributed by atoms with van der Waals surface area (Å²) in [5.41, 5.74) is -0.357. The molecule has 0 radical (unpaired) electrons. The molecule has 0 aromatic heterocycles. The van der Waals surface area contributed by atoms with Crippen molar-refractivity contribution in [2.75, 3.05) is 25.1 Å². The Hall–Kier alpha value is -4.01. The normalized spacial score (nSPS) is 10.3. The van der Waals surface area contributed by atoms with Crippen LogP contribution in [0.2, 0.25) is 0 Å². The van der Waals surface area contributed by atoms with Crippen LogP contribution in [0, 0.1) is 17.5 Å². The van der Waals surface area contributed by atoms with Crippen LogP contribution in [-0.2, 0) is 4.79 Å². The van der Waals surface area contributed by atoms with E-state index in [-0.39, 0.29) is 24.5 Å². The van der Waals surface area contributed by atoms with Crippen LogP contribution in [0.5, 0.6) is 11.5 Å². The first kappa shape index (κ1) is 22.7. The smallest absolute Gasteiger partial charge is 0.255 e. The number of halogens is 3. The molecule has 2 amide bonds. The number of hydrogen-bond acceptors (Lipinski definition) is 4. The summed E-state index contributed by atoms with van der Waals surface area (Å²) >= 11 is 0. The summed E-state index contributed by atoms with van der Waals surface area (Å²) in [5.74, 6) is -5.06. The fourth-order valence-corrected chi connectivity index (χ4v) is 2.68. The van der Waals surface area contributed by atoms with Gasteiger partial charge < -0.3 is 20.1 Å². The van der Waals surface area contributed by atoms with Crippen LogP contribution in [-0.4, -0.2) is 31.6 Å². The van der Waals surface area contributed by atoms with Gasteiger partial charge in [0.25, 0.3) is 5.91 Å². The van der Waals surface area contributed by atoms with Gasteiger partial charge in [-0.25, -0.2) is 13.2 Å². The summed E-state index contributed by atoms with van der Waals surface area (Å²) in [6.45, 7) is -0.0973. The van der Waals surface area contributed by atoms with Crippen molar-refractivity contribution in [1.82, 2.24) is 5.32 Å². The van der Waals surface area contributed by atoms with Gasteiger partial charge >= 0.3 is 0 Å². The Morgan fingerprint density at radius 2 is 1.47 bits per heavy atom. The Morgan fingerprint density at radius 3 is 2.25 bits per heavy atom. The minimum Gasteiger partial charge on any atom is -0.490 e. The number of carbonyl (C=O) groups excluding carboxylic acids is 2. The number of nitrogens with one attached hydrogen (secondary N) is 2. The van der Waals surface area contributed by atoms with E-state index in [0.29, 0.717) is 11.8 Å². The van der Waals surface area contributed by atoms with E-state index in [4.69, 9.17) is 9.47 Å². The molecule has 0 aliphatic heterocycles. The SMILES string of the molecule is O=C(CNC(=O)c1ccccc1OCCOc1ccccc1)Nc1ccc(F)c(F)c1F. The lowest BCUT2D eigenvalue weighted by atomic mass is 10.2. The number of para-hydroxylation sites is 2. The highest BCUT2D eigenvalue weighted by Crippen LogP contribution is 2.20. The number of rotatable bonds is 9. The van der Waals surface area contributed by atoms with Gasteiger partial charge in [-0.1, -0.05) is 30.3 Å². The Labute approximate surface area is 182 Å². The van der Waals surface area contributed by atoms with E-state index >= 15 is 0 Å². The molecule has 3 rings (SSSR count). The number of ether oxygens (including phenoxy) is 2. The van der Waals surface area contributed by atoms with Crippen LogP contribution in [0.3, 0.4) is 0 Å². The molecule has 3 aromatic carbocycles. The number of anilines is 1.